The molecule has 0 unspecified atom stereocenters. The molecule has 3 aromatic rings. The molecular weight excluding hydrogens is 460 g/mol. The molecule has 0 radical (unpaired) electrons. The molecule has 0 saturated carbocycles. The van der Waals surface area contributed by atoms with Gasteiger partial charge in [0, 0.05) is 54.1 Å². The Kier molecular flexibility index (Phi) is 8.41. The second kappa shape index (κ2) is 12.1. The van der Waals surface area contributed by atoms with Gasteiger partial charge in [-0.05, 0) is 103 Å². The topological polar surface area (TPSA) is 67.5 Å². The van der Waals surface area contributed by atoms with Gasteiger partial charge in [0.1, 0.15) is 5.65 Å². The normalized spacial score (nSPS) is 17.5. The Morgan fingerprint density at radius 3 is 2.49 bits per heavy atom. The average Bonchev–Trinajstić information content (AvgIpc) is 3.65. The van der Waals surface area contributed by atoms with Gasteiger partial charge in [0.05, 0.1) is 5.69 Å². The molecule has 1 aromatic carbocycles. The number of benzene rings is 1. The predicted molar refractivity (Wildman–Crippen MR) is 152 cm³/mol. The summed E-state index contributed by atoms with van der Waals surface area (Å²) in [5, 5.41) is 4.80. The number of pyridine rings is 1. The number of hydrogen-bond donors (Lipinski definition) is 2. The Labute approximate surface area is 221 Å². The van der Waals surface area contributed by atoms with Crippen molar-refractivity contribution in [2.45, 2.75) is 52.0 Å². The Morgan fingerprint density at radius 1 is 1.05 bits per heavy atom. The number of anilines is 1. The van der Waals surface area contributed by atoms with Crippen LogP contribution in [0.25, 0.3) is 22.3 Å². The van der Waals surface area contributed by atoms with Crippen molar-refractivity contribution in [3.05, 3.63) is 48.2 Å². The van der Waals surface area contributed by atoms with Gasteiger partial charge in [-0.25, -0.2) is 4.98 Å². The molecule has 1 amide bonds. The van der Waals surface area contributed by atoms with Gasteiger partial charge >= 0.3 is 0 Å². The summed E-state index contributed by atoms with van der Waals surface area (Å²) in [6, 6.07) is 12.9. The average molecular weight is 503 g/mol. The zero-order valence-corrected chi connectivity index (χ0v) is 22.5. The van der Waals surface area contributed by atoms with E-state index in [9.17, 15) is 4.79 Å². The molecular formula is C30H42N6O. The van der Waals surface area contributed by atoms with Crippen LogP contribution >= 0.6 is 0 Å². The SMILES string of the molecule is CCN(CC)C(=O)c1ccc(-c2cc(NCCCN3CCC(N4CCCC4)CC3)c3cc[nH]c3n2)cc1. The summed E-state index contributed by atoms with van der Waals surface area (Å²) >= 11 is 0. The molecule has 0 spiro atoms. The number of piperidine rings is 1. The maximum Gasteiger partial charge on any atom is 0.253 e. The van der Waals surface area contributed by atoms with Gasteiger partial charge in [-0.15, -0.1) is 0 Å². The lowest BCUT2D eigenvalue weighted by atomic mass is 10.0. The molecule has 4 heterocycles. The minimum Gasteiger partial charge on any atom is -0.384 e. The highest BCUT2D eigenvalue weighted by Gasteiger charge is 2.26. The first-order valence-electron chi connectivity index (χ1n) is 14.2. The van der Waals surface area contributed by atoms with Crippen LogP contribution in [0.15, 0.2) is 42.6 Å². The Morgan fingerprint density at radius 2 is 1.78 bits per heavy atom. The predicted octanol–water partition coefficient (Wildman–Crippen LogP) is 5.07. The smallest absolute Gasteiger partial charge is 0.253 e. The van der Waals surface area contributed by atoms with Crippen molar-refractivity contribution in [1.29, 1.82) is 0 Å². The lowest BCUT2D eigenvalue weighted by Crippen LogP contribution is -2.44. The Bertz CT molecular complexity index is 1150. The van der Waals surface area contributed by atoms with E-state index in [4.69, 9.17) is 4.98 Å². The van der Waals surface area contributed by atoms with E-state index in [0.29, 0.717) is 13.1 Å². The van der Waals surface area contributed by atoms with Crippen molar-refractivity contribution in [3.63, 3.8) is 0 Å². The van der Waals surface area contributed by atoms with Crippen LogP contribution in [-0.2, 0) is 0 Å². The number of aromatic nitrogens is 2. The second-order valence-electron chi connectivity index (χ2n) is 10.4. The third kappa shape index (κ3) is 5.99. The van der Waals surface area contributed by atoms with Crippen molar-refractivity contribution < 1.29 is 4.79 Å². The summed E-state index contributed by atoms with van der Waals surface area (Å²) in [5.41, 5.74) is 4.63. The van der Waals surface area contributed by atoms with Crippen LogP contribution in [0, 0.1) is 0 Å². The Hall–Kier alpha value is -2.90. The number of rotatable bonds is 10. The number of amides is 1. The van der Waals surface area contributed by atoms with E-state index in [1.54, 1.807) is 0 Å². The highest BCUT2D eigenvalue weighted by Crippen LogP contribution is 2.28. The number of nitrogens with one attached hydrogen (secondary N) is 2. The summed E-state index contributed by atoms with van der Waals surface area (Å²) in [5.74, 6) is 0.0759. The summed E-state index contributed by atoms with van der Waals surface area (Å²) in [6.45, 7) is 12.6. The molecule has 0 bridgehead atoms. The fourth-order valence-corrected chi connectivity index (χ4v) is 5.95. The monoisotopic (exact) mass is 502 g/mol. The van der Waals surface area contributed by atoms with E-state index < -0.39 is 0 Å². The standard InChI is InChI=1S/C30H42N6O/c1-3-35(4-2)30(37)24-10-8-23(9-11-24)27-22-28(26-12-16-32-29(26)33-27)31-15-7-17-34-20-13-25(14-21-34)36-18-5-6-19-36/h8-12,16,22,25H,3-7,13-15,17-21H2,1-2H3,(H2,31,32,33). The lowest BCUT2D eigenvalue weighted by Gasteiger charge is -2.36. The maximum absolute atomic E-state index is 12.7. The van der Waals surface area contributed by atoms with Gasteiger partial charge in [0.25, 0.3) is 5.91 Å². The van der Waals surface area contributed by atoms with Crippen LogP contribution in [0.1, 0.15) is 56.3 Å². The van der Waals surface area contributed by atoms with E-state index in [2.05, 4.69) is 32.2 Å². The molecule has 37 heavy (non-hydrogen) atoms. The van der Waals surface area contributed by atoms with E-state index in [0.717, 1.165) is 59.1 Å². The van der Waals surface area contributed by atoms with Gasteiger partial charge in [-0.3, -0.25) is 4.79 Å². The van der Waals surface area contributed by atoms with E-state index in [-0.39, 0.29) is 5.91 Å². The zero-order chi connectivity index (χ0) is 25.6. The van der Waals surface area contributed by atoms with Crippen LogP contribution in [0.5, 0.6) is 0 Å². The van der Waals surface area contributed by atoms with Crippen molar-refractivity contribution in [2.75, 3.05) is 57.7 Å². The first kappa shape index (κ1) is 25.7. The second-order valence-corrected chi connectivity index (χ2v) is 10.4. The van der Waals surface area contributed by atoms with Crippen molar-refractivity contribution >= 4 is 22.6 Å². The van der Waals surface area contributed by atoms with Gasteiger partial charge in [-0.1, -0.05) is 12.1 Å². The number of fused-ring (bicyclic) bond motifs is 1. The number of aromatic amines is 1. The van der Waals surface area contributed by atoms with E-state index in [1.807, 2.05) is 49.2 Å². The third-order valence-electron chi connectivity index (χ3n) is 8.19. The van der Waals surface area contributed by atoms with Crippen LogP contribution in [-0.4, -0.2) is 89.0 Å². The highest BCUT2D eigenvalue weighted by molar-refractivity contribution is 5.95. The zero-order valence-electron chi connectivity index (χ0n) is 22.5. The molecule has 2 N–H and O–H groups in total. The third-order valence-corrected chi connectivity index (χ3v) is 8.19. The number of nitrogens with zero attached hydrogens (tertiary/aromatic N) is 4. The van der Waals surface area contributed by atoms with Crippen molar-refractivity contribution in [1.82, 2.24) is 24.7 Å². The van der Waals surface area contributed by atoms with Crippen LogP contribution in [0.2, 0.25) is 0 Å². The number of H-pyrrole nitrogens is 1. The molecule has 198 valence electrons. The molecule has 0 aliphatic carbocycles. The number of carbonyl (C=O) groups is 1. The highest BCUT2D eigenvalue weighted by atomic mass is 16.2. The summed E-state index contributed by atoms with van der Waals surface area (Å²) in [7, 11) is 0. The summed E-state index contributed by atoms with van der Waals surface area (Å²) in [6.07, 6.45) is 8.50. The first-order chi connectivity index (χ1) is 18.2. The minimum atomic E-state index is 0.0759. The van der Waals surface area contributed by atoms with Crippen molar-refractivity contribution in [2.24, 2.45) is 0 Å². The minimum absolute atomic E-state index is 0.0759. The van der Waals surface area contributed by atoms with E-state index in [1.165, 1.54) is 51.9 Å². The number of carbonyl (C=O) groups excluding carboxylic acids is 1. The largest absolute Gasteiger partial charge is 0.384 e. The molecule has 7 heteroatoms. The summed E-state index contributed by atoms with van der Waals surface area (Å²) < 4.78 is 0. The van der Waals surface area contributed by atoms with Gasteiger partial charge in [0.15, 0.2) is 0 Å². The molecule has 2 fully saturated rings. The molecule has 2 aromatic heterocycles. The van der Waals surface area contributed by atoms with Crippen LogP contribution < -0.4 is 5.32 Å². The van der Waals surface area contributed by atoms with Gasteiger partial charge in [-0.2, -0.15) is 0 Å². The van der Waals surface area contributed by atoms with E-state index >= 15 is 0 Å². The van der Waals surface area contributed by atoms with Crippen LogP contribution in [0.3, 0.4) is 0 Å². The van der Waals surface area contributed by atoms with Crippen molar-refractivity contribution in [3.8, 4) is 11.3 Å². The summed E-state index contributed by atoms with van der Waals surface area (Å²) in [4.78, 5) is 28.0. The number of hydrogen-bond acceptors (Lipinski definition) is 5. The van der Waals surface area contributed by atoms with Gasteiger partial charge < -0.3 is 25.0 Å². The Balaban J connectivity index is 1.18. The van der Waals surface area contributed by atoms with Gasteiger partial charge in [0.2, 0.25) is 0 Å². The maximum atomic E-state index is 12.7. The molecule has 7 nitrogen and oxygen atoms in total. The molecule has 2 saturated heterocycles. The molecule has 5 rings (SSSR count). The lowest BCUT2D eigenvalue weighted by molar-refractivity contribution is 0.0773. The molecule has 2 aliphatic heterocycles. The van der Waals surface area contributed by atoms with Crippen LogP contribution in [0.4, 0.5) is 5.69 Å². The number of likely N-dealkylation sites (tertiary alicyclic amines) is 2. The first-order valence-corrected chi connectivity index (χ1v) is 14.2. The quantitative estimate of drug-likeness (QED) is 0.379. The molecule has 2 aliphatic rings. The molecule has 0 atom stereocenters. The fraction of sp³-hybridized carbons (Fsp3) is 0.533. The fourth-order valence-electron chi connectivity index (χ4n) is 5.95.